The van der Waals surface area contributed by atoms with Gasteiger partial charge in [0, 0.05) is 31.2 Å². The Kier molecular flexibility index (Phi) is 3.74. The summed E-state index contributed by atoms with van der Waals surface area (Å²) in [6.45, 7) is 8.22. The number of benzene rings is 1. The molecule has 3 rings (SSSR count). The van der Waals surface area contributed by atoms with Gasteiger partial charge in [0.25, 0.3) is 0 Å². The molecule has 1 aromatic carbocycles. The van der Waals surface area contributed by atoms with E-state index in [-0.39, 0.29) is 5.60 Å². The summed E-state index contributed by atoms with van der Waals surface area (Å²) in [7, 11) is 0. The Bertz CT molecular complexity index is 484. The van der Waals surface area contributed by atoms with Gasteiger partial charge in [0.2, 0.25) is 0 Å². The highest BCUT2D eigenvalue weighted by molar-refractivity contribution is 5.45. The van der Waals surface area contributed by atoms with Gasteiger partial charge < -0.3 is 14.8 Å². The van der Waals surface area contributed by atoms with E-state index in [0.29, 0.717) is 12.1 Å². The van der Waals surface area contributed by atoms with Gasteiger partial charge in [0.05, 0.1) is 6.10 Å². The Morgan fingerprint density at radius 3 is 3.00 bits per heavy atom. The second-order valence-corrected chi connectivity index (χ2v) is 6.73. The minimum atomic E-state index is -0.0639. The maximum Gasteiger partial charge on any atom is 0.127 e. The third-order valence-corrected chi connectivity index (χ3v) is 4.24. The molecule has 0 saturated carbocycles. The lowest BCUT2D eigenvalue weighted by molar-refractivity contribution is 0.0130. The SMILES string of the molecule is CC1CC(NCc2cccc3c2OC(C)(C)C3)CCO1. The molecule has 1 fully saturated rings. The fourth-order valence-corrected chi connectivity index (χ4v) is 3.26. The van der Waals surface area contributed by atoms with Crippen LogP contribution in [0.25, 0.3) is 0 Å². The van der Waals surface area contributed by atoms with Gasteiger partial charge >= 0.3 is 0 Å². The van der Waals surface area contributed by atoms with E-state index < -0.39 is 0 Å². The number of rotatable bonds is 3. The first kappa shape index (κ1) is 13.9. The Hall–Kier alpha value is -1.06. The molecule has 0 aliphatic carbocycles. The maximum atomic E-state index is 6.12. The topological polar surface area (TPSA) is 30.5 Å². The van der Waals surface area contributed by atoms with Crippen molar-refractivity contribution >= 4 is 0 Å². The first-order valence-corrected chi connectivity index (χ1v) is 7.68. The van der Waals surface area contributed by atoms with E-state index in [0.717, 1.165) is 38.2 Å². The molecule has 110 valence electrons. The Morgan fingerprint density at radius 1 is 1.35 bits per heavy atom. The molecule has 0 bridgehead atoms. The zero-order valence-electron chi connectivity index (χ0n) is 12.7. The predicted molar refractivity (Wildman–Crippen MR) is 80.1 cm³/mol. The van der Waals surface area contributed by atoms with Crippen molar-refractivity contribution in [1.29, 1.82) is 0 Å². The van der Waals surface area contributed by atoms with Crippen molar-refractivity contribution in [3.63, 3.8) is 0 Å². The summed E-state index contributed by atoms with van der Waals surface area (Å²) in [5.41, 5.74) is 2.56. The van der Waals surface area contributed by atoms with E-state index in [4.69, 9.17) is 9.47 Å². The van der Waals surface area contributed by atoms with Gasteiger partial charge in [0.15, 0.2) is 0 Å². The predicted octanol–water partition coefficient (Wildman–Crippen LogP) is 3.06. The summed E-state index contributed by atoms with van der Waals surface area (Å²) < 4.78 is 11.7. The molecule has 0 amide bonds. The van der Waals surface area contributed by atoms with Crippen molar-refractivity contribution in [2.45, 2.75) is 64.3 Å². The second kappa shape index (κ2) is 5.38. The molecule has 3 heteroatoms. The summed E-state index contributed by atoms with van der Waals surface area (Å²) >= 11 is 0. The van der Waals surface area contributed by atoms with Crippen molar-refractivity contribution in [3.05, 3.63) is 29.3 Å². The van der Waals surface area contributed by atoms with Gasteiger partial charge in [-0.3, -0.25) is 0 Å². The number of para-hydroxylation sites is 1. The normalized spacial score (nSPS) is 27.9. The molecule has 3 nitrogen and oxygen atoms in total. The monoisotopic (exact) mass is 275 g/mol. The summed E-state index contributed by atoms with van der Waals surface area (Å²) in [4.78, 5) is 0. The molecule has 2 atom stereocenters. The average Bonchev–Trinajstić information content (AvgIpc) is 2.71. The zero-order chi connectivity index (χ0) is 14.2. The summed E-state index contributed by atoms with van der Waals surface area (Å²) in [6.07, 6.45) is 3.58. The molecular weight excluding hydrogens is 250 g/mol. The molecule has 1 N–H and O–H groups in total. The van der Waals surface area contributed by atoms with Crippen LogP contribution in [0, 0.1) is 0 Å². The summed E-state index contributed by atoms with van der Waals surface area (Å²) in [5, 5.41) is 3.67. The lowest BCUT2D eigenvalue weighted by atomic mass is 10.00. The molecule has 20 heavy (non-hydrogen) atoms. The van der Waals surface area contributed by atoms with E-state index in [1.54, 1.807) is 0 Å². The fourth-order valence-electron chi connectivity index (χ4n) is 3.26. The average molecular weight is 275 g/mol. The molecule has 1 saturated heterocycles. The first-order valence-electron chi connectivity index (χ1n) is 7.68. The van der Waals surface area contributed by atoms with Crippen molar-refractivity contribution in [1.82, 2.24) is 5.32 Å². The third-order valence-electron chi connectivity index (χ3n) is 4.24. The van der Waals surface area contributed by atoms with Gasteiger partial charge in [-0.25, -0.2) is 0 Å². The maximum absolute atomic E-state index is 6.12. The van der Waals surface area contributed by atoms with Gasteiger partial charge in [-0.15, -0.1) is 0 Å². The van der Waals surface area contributed by atoms with Crippen LogP contribution in [0.3, 0.4) is 0 Å². The standard InChI is InChI=1S/C17H25NO2/c1-12-9-15(7-8-19-12)18-11-14-6-4-5-13-10-17(2,3)20-16(13)14/h4-6,12,15,18H,7-11H2,1-3H3. The van der Waals surface area contributed by atoms with Crippen LogP contribution in [-0.2, 0) is 17.7 Å². The van der Waals surface area contributed by atoms with E-state index in [1.807, 2.05) is 0 Å². The van der Waals surface area contributed by atoms with Crippen LogP contribution in [0.1, 0.15) is 44.7 Å². The lowest BCUT2D eigenvalue weighted by Crippen LogP contribution is -2.37. The van der Waals surface area contributed by atoms with E-state index >= 15 is 0 Å². The Labute approximate surface area is 121 Å². The highest BCUT2D eigenvalue weighted by Crippen LogP contribution is 2.37. The largest absolute Gasteiger partial charge is 0.487 e. The Balaban J connectivity index is 1.66. The molecular formula is C17H25NO2. The summed E-state index contributed by atoms with van der Waals surface area (Å²) in [6, 6.07) is 7.07. The van der Waals surface area contributed by atoms with Crippen LogP contribution in [0.5, 0.6) is 5.75 Å². The minimum absolute atomic E-state index is 0.0639. The minimum Gasteiger partial charge on any atom is -0.487 e. The van der Waals surface area contributed by atoms with Crippen LogP contribution in [-0.4, -0.2) is 24.4 Å². The van der Waals surface area contributed by atoms with Crippen molar-refractivity contribution in [2.24, 2.45) is 0 Å². The third kappa shape index (κ3) is 2.99. The van der Waals surface area contributed by atoms with Crippen molar-refractivity contribution < 1.29 is 9.47 Å². The quantitative estimate of drug-likeness (QED) is 0.919. The molecule has 2 heterocycles. The number of nitrogens with one attached hydrogen (secondary N) is 1. The molecule has 2 aliphatic rings. The van der Waals surface area contributed by atoms with E-state index in [2.05, 4.69) is 44.3 Å². The van der Waals surface area contributed by atoms with Crippen LogP contribution < -0.4 is 10.1 Å². The molecule has 2 unspecified atom stereocenters. The molecule has 0 aromatic heterocycles. The van der Waals surface area contributed by atoms with E-state index in [1.165, 1.54) is 11.1 Å². The summed E-state index contributed by atoms with van der Waals surface area (Å²) in [5.74, 6) is 1.10. The molecule has 1 aromatic rings. The van der Waals surface area contributed by atoms with E-state index in [9.17, 15) is 0 Å². The highest BCUT2D eigenvalue weighted by Gasteiger charge is 2.31. The fraction of sp³-hybridized carbons (Fsp3) is 0.647. The number of hydrogen-bond donors (Lipinski definition) is 1. The van der Waals surface area contributed by atoms with Crippen LogP contribution in [0.4, 0.5) is 0 Å². The molecule has 0 radical (unpaired) electrons. The van der Waals surface area contributed by atoms with Crippen LogP contribution >= 0.6 is 0 Å². The van der Waals surface area contributed by atoms with Crippen molar-refractivity contribution in [3.8, 4) is 5.75 Å². The Morgan fingerprint density at radius 2 is 2.20 bits per heavy atom. The van der Waals surface area contributed by atoms with Gasteiger partial charge in [0.1, 0.15) is 11.4 Å². The van der Waals surface area contributed by atoms with Gasteiger partial charge in [-0.1, -0.05) is 18.2 Å². The lowest BCUT2D eigenvalue weighted by Gasteiger charge is -2.28. The molecule has 0 spiro atoms. The van der Waals surface area contributed by atoms with Gasteiger partial charge in [-0.05, 0) is 39.2 Å². The van der Waals surface area contributed by atoms with Crippen molar-refractivity contribution in [2.75, 3.05) is 6.61 Å². The van der Waals surface area contributed by atoms with Crippen LogP contribution in [0.15, 0.2) is 18.2 Å². The number of hydrogen-bond acceptors (Lipinski definition) is 3. The molecule has 2 aliphatic heterocycles. The number of ether oxygens (including phenoxy) is 2. The second-order valence-electron chi connectivity index (χ2n) is 6.73. The van der Waals surface area contributed by atoms with Crippen LogP contribution in [0.2, 0.25) is 0 Å². The highest BCUT2D eigenvalue weighted by atomic mass is 16.5. The smallest absolute Gasteiger partial charge is 0.127 e. The van der Waals surface area contributed by atoms with Gasteiger partial charge in [-0.2, -0.15) is 0 Å². The first-order chi connectivity index (χ1) is 9.53. The number of fused-ring (bicyclic) bond motifs is 1. The zero-order valence-corrected chi connectivity index (χ0v) is 12.7.